The molecule has 0 aliphatic carbocycles. The first-order valence-corrected chi connectivity index (χ1v) is 6.32. The third-order valence-corrected chi connectivity index (χ3v) is 3.44. The highest BCUT2D eigenvalue weighted by Crippen LogP contribution is 2.29. The van der Waals surface area contributed by atoms with E-state index in [1.165, 1.54) is 11.3 Å². The van der Waals surface area contributed by atoms with Crippen LogP contribution in [0, 0.1) is 0 Å². The first-order chi connectivity index (χ1) is 8.70. The highest BCUT2D eigenvalue weighted by molar-refractivity contribution is 7.22. The highest BCUT2D eigenvalue weighted by atomic mass is 35.5. The Morgan fingerprint density at radius 3 is 2.83 bits per heavy atom. The van der Waals surface area contributed by atoms with Crippen molar-refractivity contribution in [3.8, 4) is 0 Å². The molecule has 0 atom stereocenters. The molecule has 3 rings (SSSR count). The molecule has 0 aliphatic heterocycles. The Labute approximate surface area is 112 Å². The summed E-state index contributed by atoms with van der Waals surface area (Å²) in [4.78, 5) is 4.42. The van der Waals surface area contributed by atoms with Gasteiger partial charge in [-0.3, -0.25) is 0 Å². The van der Waals surface area contributed by atoms with Crippen molar-refractivity contribution in [2.75, 3.05) is 11.1 Å². The number of halogens is 1. The van der Waals surface area contributed by atoms with Gasteiger partial charge in [-0.15, -0.1) is 10.2 Å². The third kappa shape index (κ3) is 2.20. The van der Waals surface area contributed by atoms with Crippen molar-refractivity contribution in [2.45, 2.75) is 0 Å². The molecule has 2 aromatic heterocycles. The molecule has 0 aliphatic rings. The summed E-state index contributed by atoms with van der Waals surface area (Å²) in [6, 6.07) is 9.01. The zero-order valence-corrected chi connectivity index (χ0v) is 10.7. The van der Waals surface area contributed by atoms with Crippen molar-refractivity contribution >= 4 is 49.9 Å². The molecular weight excluding hydrogens is 270 g/mol. The SMILES string of the molecule is Nc1ccc(Nc2nc3ccc(Cl)cc3s2)nn1. The van der Waals surface area contributed by atoms with Crippen molar-refractivity contribution in [3.05, 3.63) is 35.4 Å². The molecule has 18 heavy (non-hydrogen) atoms. The molecule has 0 fully saturated rings. The number of rotatable bonds is 2. The monoisotopic (exact) mass is 277 g/mol. The highest BCUT2D eigenvalue weighted by Gasteiger charge is 2.05. The van der Waals surface area contributed by atoms with Crippen molar-refractivity contribution in [2.24, 2.45) is 0 Å². The van der Waals surface area contributed by atoms with Gasteiger partial charge in [0.1, 0.15) is 5.82 Å². The van der Waals surface area contributed by atoms with Gasteiger partial charge in [-0.25, -0.2) is 4.98 Å². The normalized spacial score (nSPS) is 10.7. The van der Waals surface area contributed by atoms with Crippen LogP contribution in [0.1, 0.15) is 0 Å². The number of nitrogens with two attached hydrogens (primary N) is 1. The van der Waals surface area contributed by atoms with E-state index in [4.69, 9.17) is 17.3 Å². The fourth-order valence-corrected chi connectivity index (χ4v) is 2.62. The van der Waals surface area contributed by atoms with Gasteiger partial charge in [0, 0.05) is 5.02 Å². The topological polar surface area (TPSA) is 76.7 Å². The Balaban J connectivity index is 1.92. The number of thiazole rings is 1. The second-order valence-electron chi connectivity index (χ2n) is 3.60. The second kappa shape index (κ2) is 4.40. The molecule has 0 saturated carbocycles. The number of nitrogens with zero attached hydrogens (tertiary/aromatic N) is 3. The predicted octanol–water partition coefficient (Wildman–Crippen LogP) is 3.07. The maximum atomic E-state index is 5.93. The van der Waals surface area contributed by atoms with Crippen molar-refractivity contribution in [3.63, 3.8) is 0 Å². The van der Waals surface area contributed by atoms with Crippen molar-refractivity contribution in [1.82, 2.24) is 15.2 Å². The molecule has 7 heteroatoms. The largest absolute Gasteiger partial charge is 0.382 e. The summed E-state index contributed by atoms with van der Waals surface area (Å²) in [7, 11) is 0. The molecule has 0 radical (unpaired) electrons. The standard InChI is InChI=1S/C11H8ClN5S/c12-6-1-2-7-8(5-6)18-11(14-7)15-10-4-3-9(13)16-17-10/h1-5H,(H2,13,16)(H,14,15,17). The van der Waals surface area contributed by atoms with Crippen LogP contribution in [0.4, 0.5) is 16.8 Å². The fraction of sp³-hybridized carbons (Fsp3) is 0. The van der Waals surface area contributed by atoms with Gasteiger partial charge >= 0.3 is 0 Å². The Hall–Kier alpha value is -1.92. The van der Waals surface area contributed by atoms with Crippen LogP contribution in [0.5, 0.6) is 0 Å². The molecular formula is C11H8ClN5S. The maximum Gasteiger partial charge on any atom is 0.189 e. The van der Waals surface area contributed by atoms with Gasteiger partial charge in [-0.05, 0) is 30.3 Å². The van der Waals surface area contributed by atoms with Gasteiger partial charge in [0.2, 0.25) is 0 Å². The summed E-state index contributed by atoms with van der Waals surface area (Å²) in [6.45, 7) is 0. The summed E-state index contributed by atoms with van der Waals surface area (Å²) >= 11 is 7.43. The molecule has 0 spiro atoms. The van der Waals surface area contributed by atoms with E-state index in [2.05, 4.69) is 20.5 Å². The summed E-state index contributed by atoms with van der Waals surface area (Å²) in [5.41, 5.74) is 6.37. The zero-order chi connectivity index (χ0) is 12.5. The van der Waals surface area contributed by atoms with E-state index in [0.29, 0.717) is 16.7 Å². The van der Waals surface area contributed by atoms with Crippen LogP contribution in [-0.4, -0.2) is 15.2 Å². The lowest BCUT2D eigenvalue weighted by Gasteiger charge is -1.99. The van der Waals surface area contributed by atoms with E-state index >= 15 is 0 Å². The van der Waals surface area contributed by atoms with Crippen LogP contribution < -0.4 is 11.1 Å². The van der Waals surface area contributed by atoms with E-state index in [1.807, 2.05) is 18.2 Å². The van der Waals surface area contributed by atoms with Gasteiger partial charge < -0.3 is 11.1 Å². The first kappa shape index (κ1) is 11.2. The van der Waals surface area contributed by atoms with E-state index in [0.717, 1.165) is 15.3 Å². The number of aromatic nitrogens is 3. The average Bonchev–Trinajstić information content (AvgIpc) is 2.73. The number of nitrogens with one attached hydrogen (secondary N) is 1. The Kier molecular flexibility index (Phi) is 2.73. The minimum atomic E-state index is 0.386. The Morgan fingerprint density at radius 2 is 2.06 bits per heavy atom. The molecule has 0 amide bonds. The number of anilines is 3. The molecule has 5 nitrogen and oxygen atoms in total. The minimum absolute atomic E-state index is 0.386. The van der Waals surface area contributed by atoms with E-state index in [-0.39, 0.29) is 0 Å². The van der Waals surface area contributed by atoms with Gasteiger partial charge in [-0.1, -0.05) is 22.9 Å². The van der Waals surface area contributed by atoms with E-state index < -0.39 is 0 Å². The third-order valence-electron chi connectivity index (χ3n) is 2.27. The molecule has 0 unspecified atom stereocenters. The van der Waals surface area contributed by atoms with Crippen LogP contribution in [0.15, 0.2) is 30.3 Å². The van der Waals surface area contributed by atoms with Crippen LogP contribution >= 0.6 is 22.9 Å². The quantitative estimate of drug-likeness (QED) is 0.753. The van der Waals surface area contributed by atoms with Crippen LogP contribution in [-0.2, 0) is 0 Å². The number of hydrogen-bond acceptors (Lipinski definition) is 6. The Morgan fingerprint density at radius 1 is 1.17 bits per heavy atom. The summed E-state index contributed by atoms with van der Waals surface area (Å²) < 4.78 is 1.02. The van der Waals surface area contributed by atoms with E-state index in [1.54, 1.807) is 12.1 Å². The van der Waals surface area contributed by atoms with Crippen LogP contribution in [0.3, 0.4) is 0 Å². The van der Waals surface area contributed by atoms with Crippen LogP contribution in [0.2, 0.25) is 5.02 Å². The van der Waals surface area contributed by atoms with Gasteiger partial charge in [-0.2, -0.15) is 0 Å². The van der Waals surface area contributed by atoms with Gasteiger partial charge in [0.25, 0.3) is 0 Å². The summed E-state index contributed by atoms with van der Waals surface area (Å²) in [5.74, 6) is 0.992. The van der Waals surface area contributed by atoms with E-state index in [9.17, 15) is 0 Å². The lowest BCUT2D eigenvalue weighted by atomic mass is 10.3. The molecule has 3 aromatic rings. The predicted molar refractivity (Wildman–Crippen MR) is 74.4 cm³/mol. The minimum Gasteiger partial charge on any atom is -0.382 e. The molecule has 0 bridgehead atoms. The lowest BCUT2D eigenvalue weighted by molar-refractivity contribution is 1.05. The van der Waals surface area contributed by atoms with Crippen LogP contribution in [0.25, 0.3) is 10.2 Å². The molecule has 0 saturated heterocycles. The number of fused-ring (bicyclic) bond motifs is 1. The first-order valence-electron chi connectivity index (χ1n) is 5.13. The van der Waals surface area contributed by atoms with Crippen molar-refractivity contribution in [1.29, 1.82) is 0 Å². The van der Waals surface area contributed by atoms with Crippen molar-refractivity contribution < 1.29 is 0 Å². The van der Waals surface area contributed by atoms with Gasteiger partial charge in [0.05, 0.1) is 10.2 Å². The number of benzene rings is 1. The molecule has 2 heterocycles. The average molecular weight is 278 g/mol. The maximum absolute atomic E-state index is 5.93. The summed E-state index contributed by atoms with van der Waals surface area (Å²) in [6.07, 6.45) is 0. The lowest BCUT2D eigenvalue weighted by Crippen LogP contribution is -1.97. The fourth-order valence-electron chi connectivity index (χ4n) is 1.47. The summed E-state index contributed by atoms with van der Waals surface area (Å²) in [5, 5.41) is 12.2. The zero-order valence-electron chi connectivity index (χ0n) is 9.09. The molecule has 3 N–H and O–H groups in total. The second-order valence-corrected chi connectivity index (χ2v) is 5.07. The Bertz CT molecular complexity index is 694. The molecule has 90 valence electrons. The number of hydrogen-bond donors (Lipinski definition) is 2. The smallest absolute Gasteiger partial charge is 0.189 e. The number of nitrogen functional groups attached to an aromatic ring is 1. The molecule has 1 aromatic carbocycles. The van der Waals surface area contributed by atoms with Gasteiger partial charge in [0.15, 0.2) is 10.9 Å².